The number of anilines is 2. The second-order valence-corrected chi connectivity index (χ2v) is 10.4. The molecule has 0 radical (unpaired) electrons. The largest absolute Gasteiger partial charge is 0.427 e. The van der Waals surface area contributed by atoms with Crippen LogP contribution < -0.4 is 10.6 Å². The first-order chi connectivity index (χ1) is 18.4. The minimum absolute atomic E-state index is 0.0384. The zero-order valence-electron chi connectivity index (χ0n) is 21.9. The second-order valence-electron chi connectivity index (χ2n) is 10.4. The molecule has 1 aromatic carbocycles. The number of hydrogen-bond acceptors (Lipinski definition) is 8. The molecular weight excluding hydrogens is 506 g/mol. The fraction of sp³-hybridized carbons (Fsp3) is 0.370. The molecular formula is C27H29N5O7. The number of hydrogen-bond donors (Lipinski definition) is 4. The highest BCUT2D eigenvalue weighted by Gasteiger charge is 2.57. The first kappa shape index (κ1) is 27.4. The molecule has 12 heteroatoms. The lowest BCUT2D eigenvalue weighted by Crippen LogP contribution is -2.61. The van der Waals surface area contributed by atoms with Crippen LogP contribution in [0.3, 0.4) is 0 Å². The molecule has 0 saturated carbocycles. The predicted molar refractivity (Wildman–Crippen MR) is 138 cm³/mol. The van der Waals surface area contributed by atoms with Gasteiger partial charge in [-0.2, -0.15) is 5.26 Å². The number of carbonyl (C=O) groups is 4. The average Bonchev–Trinajstić information content (AvgIpc) is 3.49. The molecule has 2 aromatic rings. The quantitative estimate of drug-likeness (QED) is 0.238. The number of amides is 3. The number of esters is 2. The summed E-state index contributed by atoms with van der Waals surface area (Å²) in [6, 6.07) is 7.32. The van der Waals surface area contributed by atoms with Gasteiger partial charge in [0, 0.05) is 12.4 Å². The van der Waals surface area contributed by atoms with E-state index in [4.69, 9.17) is 9.47 Å². The van der Waals surface area contributed by atoms with Crippen molar-refractivity contribution < 1.29 is 33.8 Å². The first-order valence-electron chi connectivity index (χ1n) is 12.3. The van der Waals surface area contributed by atoms with Crippen LogP contribution in [0.25, 0.3) is 5.57 Å². The molecule has 0 aliphatic carbocycles. The van der Waals surface area contributed by atoms with E-state index in [2.05, 4.69) is 15.6 Å². The molecule has 3 amide bonds. The number of aliphatic hydroxyl groups is 1. The van der Waals surface area contributed by atoms with E-state index in [1.807, 2.05) is 6.07 Å². The highest BCUT2D eigenvalue weighted by Crippen LogP contribution is 2.47. The van der Waals surface area contributed by atoms with Crippen LogP contribution in [-0.4, -0.2) is 57.8 Å². The maximum absolute atomic E-state index is 13.1. The standard InChI is InChI=1S/C27H29N5O7/c1-14(33)21-20-10-18(22(32(20)23(21)34)24(35)38-13-39-25(36)27(2,3)4)15-5-6-19(16(9-15)11-28)31-26(37)30-17-7-8-29-12-17/h5-9,12,14,20-21,29,33H,10,13H2,1-4H3,(H2,30,31,37)/t14-,20-,21-/m1/s1. The van der Waals surface area contributed by atoms with Crippen LogP contribution in [0, 0.1) is 22.7 Å². The van der Waals surface area contributed by atoms with Crippen LogP contribution in [0.1, 0.15) is 45.2 Å². The van der Waals surface area contributed by atoms with Crippen molar-refractivity contribution in [2.24, 2.45) is 11.3 Å². The Bertz CT molecular complexity index is 1380. The van der Waals surface area contributed by atoms with Crippen molar-refractivity contribution in [2.75, 3.05) is 17.4 Å². The lowest BCUT2D eigenvalue weighted by Gasteiger charge is -2.44. The number of fused-ring (bicyclic) bond motifs is 1. The van der Waals surface area contributed by atoms with Gasteiger partial charge in [-0.3, -0.25) is 9.59 Å². The lowest BCUT2D eigenvalue weighted by molar-refractivity contribution is -0.175. The Hall–Kier alpha value is -4.63. The third kappa shape index (κ3) is 5.49. The maximum atomic E-state index is 13.1. The van der Waals surface area contributed by atoms with Crippen molar-refractivity contribution in [3.8, 4) is 6.07 Å². The zero-order valence-corrected chi connectivity index (χ0v) is 21.9. The van der Waals surface area contributed by atoms with Gasteiger partial charge in [0.2, 0.25) is 12.7 Å². The summed E-state index contributed by atoms with van der Waals surface area (Å²) in [6.45, 7) is 5.84. The molecule has 0 spiro atoms. The third-order valence-electron chi connectivity index (χ3n) is 6.51. The Labute approximate surface area is 224 Å². The van der Waals surface area contributed by atoms with Gasteiger partial charge < -0.3 is 35.1 Å². The van der Waals surface area contributed by atoms with Gasteiger partial charge in [-0.25, -0.2) is 9.59 Å². The number of rotatable bonds is 7. The topological polar surface area (TPSA) is 174 Å². The number of aromatic nitrogens is 1. The van der Waals surface area contributed by atoms with Gasteiger partial charge >= 0.3 is 18.0 Å². The van der Waals surface area contributed by atoms with Gasteiger partial charge in [-0.15, -0.1) is 0 Å². The zero-order chi connectivity index (χ0) is 28.5. The van der Waals surface area contributed by atoms with Crippen molar-refractivity contribution in [3.05, 3.63) is 53.5 Å². The Kier molecular flexibility index (Phi) is 7.47. The van der Waals surface area contributed by atoms with Crippen LogP contribution in [0.4, 0.5) is 16.2 Å². The number of ether oxygens (including phenoxy) is 2. The SMILES string of the molecule is C[C@@H](O)[C@H]1C(=O)N2C(C(=O)OCOC(=O)C(C)(C)C)=C(c3ccc(NC(=O)Nc4cc[nH]c4)c(C#N)c3)C[C@H]12. The van der Waals surface area contributed by atoms with E-state index >= 15 is 0 Å². The summed E-state index contributed by atoms with van der Waals surface area (Å²) >= 11 is 0. The van der Waals surface area contributed by atoms with Crippen LogP contribution in [0.15, 0.2) is 42.4 Å². The Morgan fingerprint density at radius 3 is 2.59 bits per heavy atom. The number of nitrogens with zero attached hydrogens (tertiary/aromatic N) is 2. The number of carbonyl (C=O) groups excluding carboxylic acids is 4. The lowest BCUT2D eigenvalue weighted by atomic mass is 9.82. The van der Waals surface area contributed by atoms with E-state index in [-0.39, 0.29) is 23.4 Å². The molecule has 0 unspecified atom stereocenters. The van der Waals surface area contributed by atoms with Gasteiger partial charge in [0.1, 0.15) is 11.8 Å². The van der Waals surface area contributed by atoms with Crippen LogP contribution in [0.2, 0.25) is 0 Å². The summed E-state index contributed by atoms with van der Waals surface area (Å²) in [5, 5.41) is 25.1. The number of H-pyrrole nitrogens is 1. The van der Waals surface area contributed by atoms with Gasteiger partial charge in [0.25, 0.3) is 0 Å². The monoisotopic (exact) mass is 535 g/mol. The van der Waals surface area contributed by atoms with Crippen molar-refractivity contribution in [1.82, 2.24) is 9.88 Å². The van der Waals surface area contributed by atoms with E-state index < -0.39 is 54.1 Å². The average molecular weight is 536 g/mol. The summed E-state index contributed by atoms with van der Waals surface area (Å²) in [7, 11) is 0. The van der Waals surface area contributed by atoms with Crippen LogP contribution in [-0.2, 0) is 23.9 Å². The molecule has 1 fully saturated rings. The number of aliphatic hydroxyl groups excluding tert-OH is 1. The molecule has 12 nitrogen and oxygen atoms in total. The van der Waals surface area contributed by atoms with Crippen LogP contribution >= 0.6 is 0 Å². The highest BCUT2D eigenvalue weighted by molar-refractivity contribution is 6.07. The molecule has 1 aromatic heterocycles. The van der Waals surface area contributed by atoms with Gasteiger partial charge in [0.15, 0.2) is 0 Å². The third-order valence-corrected chi connectivity index (χ3v) is 6.51. The minimum Gasteiger partial charge on any atom is -0.427 e. The number of urea groups is 1. The van der Waals surface area contributed by atoms with Crippen molar-refractivity contribution in [3.63, 3.8) is 0 Å². The molecule has 2 aliphatic heterocycles. The number of β-lactam (4-membered cyclic amide) rings is 1. The van der Waals surface area contributed by atoms with Crippen LogP contribution in [0.5, 0.6) is 0 Å². The summed E-state index contributed by atoms with van der Waals surface area (Å²) in [6.07, 6.45) is 2.55. The number of nitrogens with one attached hydrogen (secondary N) is 3. The fourth-order valence-electron chi connectivity index (χ4n) is 4.56. The van der Waals surface area contributed by atoms with Crippen molar-refractivity contribution in [2.45, 2.75) is 46.3 Å². The molecule has 3 atom stereocenters. The fourth-order valence-corrected chi connectivity index (χ4v) is 4.56. The molecule has 204 valence electrons. The molecule has 4 N–H and O–H groups in total. The second kappa shape index (κ2) is 10.6. The Morgan fingerprint density at radius 2 is 1.97 bits per heavy atom. The summed E-state index contributed by atoms with van der Waals surface area (Å²) < 4.78 is 10.2. The number of benzene rings is 1. The van der Waals surface area contributed by atoms with E-state index in [1.54, 1.807) is 45.3 Å². The van der Waals surface area contributed by atoms with Gasteiger partial charge in [0.05, 0.1) is 40.4 Å². The van der Waals surface area contributed by atoms with Crippen molar-refractivity contribution >= 4 is 40.8 Å². The number of aromatic amines is 1. The highest BCUT2D eigenvalue weighted by atomic mass is 16.7. The first-order valence-corrected chi connectivity index (χ1v) is 12.3. The molecule has 39 heavy (non-hydrogen) atoms. The summed E-state index contributed by atoms with van der Waals surface area (Å²) in [5.41, 5.74) is 0.975. The van der Waals surface area contributed by atoms with Crippen molar-refractivity contribution in [1.29, 1.82) is 5.26 Å². The van der Waals surface area contributed by atoms with E-state index in [0.717, 1.165) is 0 Å². The summed E-state index contributed by atoms with van der Waals surface area (Å²) in [4.78, 5) is 54.5. The van der Waals surface area contributed by atoms with E-state index in [1.165, 1.54) is 24.0 Å². The minimum atomic E-state index is -0.928. The summed E-state index contributed by atoms with van der Waals surface area (Å²) in [5.74, 6) is -2.56. The maximum Gasteiger partial charge on any atom is 0.358 e. The van der Waals surface area contributed by atoms with E-state index in [0.29, 0.717) is 16.8 Å². The molecule has 4 rings (SSSR count). The molecule has 0 bridgehead atoms. The van der Waals surface area contributed by atoms with Gasteiger partial charge in [-0.1, -0.05) is 6.07 Å². The predicted octanol–water partition coefficient (Wildman–Crippen LogP) is 2.94. The smallest absolute Gasteiger partial charge is 0.358 e. The van der Waals surface area contributed by atoms with E-state index in [9.17, 15) is 29.5 Å². The normalized spacial score (nSPS) is 19.0. The Morgan fingerprint density at radius 1 is 1.23 bits per heavy atom. The molecule has 1 saturated heterocycles. The Balaban J connectivity index is 1.60. The molecule has 2 aliphatic rings. The molecule has 3 heterocycles. The number of nitriles is 1. The van der Waals surface area contributed by atoms with Gasteiger partial charge in [-0.05, 0) is 63.5 Å².